The van der Waals surface area contributed by atoms with Gasteiger partial charge in [-0.3, -0.25) is 4.79 Å². The second kappa shape index (κ2) is 58.9. The number of ether oxygens (including phenoxy) is 6. The zero-order valence-electron chi connectivity index (χ0n) is 60.3. The Morgan fingerprint density at radius 2 is 0.691 bits per heavy atom. The Bertz CT molecular complexity index is 1990. The molecule has 19 nitrogen and oxygen atoms in total. The molecule has 0 aliphatic carbocycles. The summed E-state index contributed by atoms with van der Waals surface area (Å²) in [6, 6.07) is -0.998. The standard InChI is InChI=1S/C78H141NO18/c1-3-5-7-9-11-13-15-17-19-21-23-25-27-28-29-30-31-32-34-35-37-39-41-43-45-47-49-51-53-55-62(83)61(79-66(84)56-54-52-50-48-46-44-42-40-38-36-33-26-24-22-20-18-16-14-12-10-8-6-4-2)60-92-76-72(90)69(87)74(64(58-81)94-76)97-78-73(91)70(88)75(65(59-82)95-78)96-77-71(89)68(86)67(85)63(57-80)93-77/h16,18,22,24,33,36,45,47,53,55,61-65,67-78,80-83,85-91H,3-15,17,19-21,23,25-32,34-35,37-44,46,48-52,54,56-60H2,1-2H3,(H,79,84)/b18-16-,24-22-,36-33-,47-45+,55-53+. The molecule has 3 heterocycles. The van der Waals surface area contributed by atoms with Gasteiger partial charge in [0.2, 0.25) is 5.91 Å². The molecule has 12 N–H and O–H groups in total. The van der Waals surface area contributed by atoms with Crippen molar-refractivity contribution in [2.24, 2.45) is 0 Å². The topological polar surface area (TPSA) is 307 Å². The van der Waals surface area contributed by atoms with Gasteiger partial charge in [0, 0.05) is 6.42 Å². The first-order valence-electron chi connectivity index (χ1n) is 39.0. The summed E-state index contributed by atoms with van der Waals surface area (Å²) in [6.07, 6.45) is 47.8. The second-order valence-electron chi connectivity index (χ2n) is 27.8. The fourth-order valence-corrected chi connectivity index (χ4v) is 13.0. The van der Waals surface area contributed by atoms with Crippen LogP contribution in [0.15, 0.2) is 60.8 Å². The number of carbonyl (C=O) groups is 1. The molecule has 3 aliphatic heterocycles. The maximum atomic E-state index is 13.4. The number of nitrogens with one attached hydrogen (secondary N) is 1. The maximum absolute atomic E-state index is 13.4. The summed E-state index contributed by atoms with van der Waals surface area (Å²) in [5, 5.41) is 121. The molecule has 1 amide bonds. The first-order valence-corrected chi connectivity index (χ1v) is 39.0. The lowest BCUT2D eigenvalue weighted by atomic mass is 9.96. The van der Waals surface area contributed by atoms with Gasteiger partial charge in [-0.25, -0.2) is 0 Å². The van der Waals surface area contributed by atoms with Crippen LogP contribution in [0.5, 0.6) is 0 Å². The van der Waals surface area contributed by atoms with Crippen LogP contribution >= 0.6 is 0 Å². The van der Waals surface area contributed by atoms with Crippen molar-refractivity contribution < 1.29 is 89.4 Å². The summed E-state index contributed by atoms with van der Waals surface area (Å²) < 4.78 is 34.4. The molecule has 0 aromatic carbocycles. The SMILES string of the molecule is CCCCCCC/C=C\C/C=C\C/C=C\CCCCCCCCCCC(=O)NC(COC1OC(CO)C(OC2OC(CO)C(OC3OC(CO)C(O)C(O)C3O)C(O)C2O)C(O)C1O)C(O)/C=C/CC/C=C/CCCCCCCCCCCCCCCCCCCCCCCCC. The summed E-state index contributed by atoms with van der Waals surface area (Å²) >= 11 is 0. The Morgan fingerprint density at radius 3 is 1.10 bits per heavy atom. The number of hydrogen-bond donors (Lipinski definition) is 12. The molecule has 0 aromatic rings. The zero-order valence-corrected chi connectivity index (χ0v) is 60.3. The predicted molar refractivity (Wildman–Crippen MR) is 383 cm³/mol. The van der Waals surface area contributed by atoms with Gasteiger partial charge in [-0.2, -0.15) is 0 Å². The second-order valence-corrected chi connectivity index (χ2v) is 27.8. The normalized spacial score (nSPS) is 27.2. The Morgan fingerprint density at radius 1 is 0.371 bits per heavy atom. The molecule has 3 saturated heterocycles. The van der Waals surface area contributed by atoms with Crippen molar-refractivity contribution in [3.8, 4) is 0 Å². The van der Waals surface area contributed by atoms with E-state index in [1.54, 1.807) is 6.08 Å². The molecule has 3 fully saturated rings. The Balaban J connectivity index is 1.41. The lowest BCUT2D eigenvalue weighted by molar-refractivity contribution is -0.379. The number of hydrogen-bond acceptors (Lipinski definition) is 18. The number of amides is 1. The van der Waals surface area contributed by atoms with E-state index in [-0.39, 0.29) is 18.9 Å². The first kappa shape index (κ1) is 88.7. The summed E-state index contributed by atoms with van der Waals surface area (Å²) in [7, 11) is 0. The van der Waals surface area contributed by atoms with E-state index in [1.807, 2.05) is 6.08 Å². The Labute approximate surface area is 586 Å². The Kier molecular flexibility index (Phi) is 53.9. The molecule has 97 heavy (non-hydrogen) atoms. The molecule has 0 bridgehead atoms. The number of unbranched alkanes of at least 4 members (excludes halogenated alkanes) is 37. The molecule has 3 aliphatic rings. The molecule has 0 spiro atoms. The molecule has 566 valence electrons. The van der Waals surface area contributed by atoms with E-state index in [0.29, 0.717) is 12.8 Å². The third-order valence-corrected chi connectivity index (χ3v) is 19.3. The number of aliphatic hydroxyl groups is 11. The lowest BCUT2D eigenvalue weighted by Crippen LogP contribution is -2.66. The van der Waals surface area contributed by atoms with Crippen molar-refractivity contribution in [1.82, 2.24) is 5.32 Å². The van der Waals surface area contributed by atoms with E-state index in [1.165, 1.54) is 199 Å². The largest absolute Gasteiger partial charge is 0.394 e. The highest BCUT2D eigenvalue weighted by atomic mass is 16.8. The molecule has 0 radical (unpaired) electrons. The minimum atomic E-state index is -1.98. The van der Waals surface area contributed by atoms with Crippen LogP contribution in [0.3, 0.4) is 0 Å². The van der Waals surface area contributed by atoms with Gasteiger partial charge < -0.3 is 89.9 Å². The highest BCUT2D eigenvalue weighted by molar-refractivity contribution is 5.76. The third kappa shape index (κ3) is 39.6. The van der Waals surface area contributed by atoms with Gasteiger partial charge >= 0.3 is 0 Å². The first-order chi connectivity index (χ1) is 47.3. The average molecular weight is 1380 g/mol. The van der Waals surface area contributed by atoms with E-state index in [0.717, 1.165) is 64.2 Å². The summed E-state index contributed by atoms with van der Waals surface area (Å²) in [4.78, 5) is 13.4. The smallest absolute Gasteiger partial charge is 0.220 e. The van der Waals surface area contributed by atoms with Crippen LogP contribution in [-0.2, 0) is 33.2 Å². The van der Waals surface area contributed by atoms with Crippen LogP contribution in [0.2, 0.25) is 0 Å². The monoisotopic (exact) mass is 1380 g/mol. The summed E-state index contributed by atoms with van der Waals surface area (Å²) in [6.45, 7) is 1.73. The van der Waals surface area contributed by atoms with Crippen LogP contribution in [0.1, 0.15) is 296 Å². The van der Waals surface area contributed by atoms with Crippen LogP contribution in [0.25, 0.3) is 0 Å². The van der Waals surface area contributed by atoms with Crippen molar-refractivity contribution in [3.63, 3.8) is 0 Å². The molecular formula is C78H141NO18. The van der Waals surface area contributed by atoms with Gasteiger partial charge in [-0.15, -0.1) is 0 Å². The van der Waals surface area contributed by atoms with E-state index in [2.05, 4.69) is 67.8 Å². The van der Waals surface area contributed by atoms with Crippen molar-refractivity contribution in [2.45, 2.75) is 401 Å². The molecule has 0 aromatic heterocycles. The van der Waals surface area contributed by atoms with Gasteiger partial charge in [0.25, 0.3) is 0 Å². The number of rotatable bonds is 61. The number of allylic oxidation sites excluding steroid dienone is 9. The van der Waals surface area contributed by atoms with Crippen molar-refractivity contribution >= 4 is 5.91 Å². The minimum absolute atomic E-state index is 0.225. The van der Waals surface area contributed by atoms with Gasteiger partial charge in [-0.1, -0.05) is 280 Å². The van der Waals surface area contributed by atoms with Gasteiger partial charge in [-0.05, 0) is 70.6 Å². The van der Waals surface area contributed by atoms with E-state index in [4.69, 9.17) is 28.4 Å². The number of aliphatic hydroxyl groups excluding tert-OH is 11. The third-order valence-electron chi connectivity index (χ3n) is 19.3. The molecular weight excluding hydrogens is 1240 g/mol. The van der Waals surface area contributed by atoms with E-state index < -0.39 is 124 Å². The quantitative estimate of drug-likeness (QED) is 0.0199. The Hall–Kier alpha value is -2.51. The van der Waals surface area contributed by atoms with Crippen molar-refractivity contribution in [3.05, 3.63) is 60.8 Å². The molecule has 17 atom stereocenters. The van der Waals surface area contributed by atoms with Crippen molar-refractivity contribution in [1.29, 1.82) is 0 Å². The summed E-state index contributed by atoms with van der Waals surface area (Å²) in [5.41, 5.74) is 0. The molecule has 19 heteroatoms. The highest BCUT2D eigenvalue weighted by Gasteiger charge is 2.53. The van der Waals surface area contributed by atoms with E-state index >= 15 is 0 Å². The van der Waals surface area contributed by atoms with Crippen LogP contribution in [0, 0.1) is 0 Å². The fourth-order valence-electron chi connectivity index (χ4n) is 13.0. The maximum Gasteiger partial charge on any atom is 0.220 e. The van der Waals surface area contributed by atoms with Gasteiger partial charge in [0.05, 0.1) is 38.6 Å². The lowest BCUT2D eigenvalue weighted by Gasteiger charge is -2.48. The van der Waals surface area contributed by atoms with Gasteiger partial charge in [0.15, 0.2) is 18.9 Å². The average Bonchev–Trinajstić information content (AvgIpc) is 0.826. The predicted octanol–water partition coefficient (Wildman–Crippen LogP) is 12.3. The molecule has 17 unspecified atom stereocenters. The van der Waals surface area contributed by atoms with Crippen molar-refractivity contribution in [2.75, 3.05) is 26.4 Å². The van der Waals surface area contributed by atoms with E-state index in [9.17, 15) is 61.0 Å². The number of carbonyl (C=O) groups excluding carboxylic acids is 1. The molecule has 3 rings (SSSR count). The molecule has 0 saturated carbocycles. The van der Waals surface area contributed by atoms with Gasteiger partial charge in [0.1, 0.15) is 73.2 Å². The fraction of sp³-hybridized carbons (Fsp3) is 0.859. The zero-order chi connectivity index (χ0) is 70.4. The van der Waals surface area contributed by atoms with Crippen LogP contribution < -0.4 is 5.32 Å². The summed E-state index contributed by atoms with van der Waals surface area (Å²) in [5.74, 6) is -0.291. The van der Waals surface area contributed by atoms with Crippen LogP contribution in [0.4, 0.5) is 0 Å². The van der Waals surface area contributed by atoms with Crippen LogP contribution in [-0.4, -0.2) is 193 Å². The minimum Gasteiger partial charge on any atom is -0.394 e. The highest BCUT2D eigenvalue weighted by Crippen LogP contribution is 2.33.